The highest BCUT2D eigenvalue weighted by molar-refractivity contribution is 5.42. The molecule has 2 saturated carbocycles. The lowest BCUT2D eigenvalue weighted by molar-refractivity contribution is -0.0392. The predicted octanol–water partition coefficient (Wildman–Crippen LogP) is 4.63. The molecule has 0 spiro atoms. The normalized spacial score (nSPS) is 33.3. The highest BCUT2D eigenvalue weighted by Gasteiger charge is 2.62. The molecule has 22 heavy (non-hydrogen) atoms. The summed E-state index contributed by atoms with van der Waals surface area (Å²) in [6, 6.07) is 17.4. The van der Waals surface area contributed by atoms with E-state index in [0.717, 1.165) is 24.8 Å². The number of aryl methyl sites for hydroxylation is 2. The summed E-state index contributed by atoms with van der Waals surface area (Å²) >= 11 is 0. The van der Waals surface area contributed by atoms with Crippen LogP contribution in [0.1, 0.15) is 47.9 Å². The maximum atomic E-state index is 11.7. The molecule has 2 aromatic rings. The SMILES string of the molecule is Cc1ccc([C@@]23CC[C@@H](C2)C[C@]3(O)c2ccc(C)cc2)cc1. The standard InChI is InChI=1S/C21H24O/c1-15-3-7-18(8-4-15)20-12-11-17(13-20)14-21(20,22)19-9-5-16(2)6-10-19/h3-10,17,22H,11-14H2,1-2H3/t17-,20+,21-/m0/s1. The fraction of sp³-hybridized carbons (Fsp3) is 0.429. The summed E-state index contributed by atoms with van der Waals surface area (Å²) in [7, 11) is 0. The number of hydrogen-bond acceptors (Lipinski definition) is 1. The van der Waals surface area contributed by atoms with Crippen molar-refractivity contribution >= 4 is 0 Å². The van der Waals surface area contributed by atoms with Crippen LogP contribution in [-0.4, -0.2) is 5.11 Å². The molecule has 0 unspecified atom stereocenters. The second-order valence-electron chi connectivity index (χ2n) is 7.49. The highest BCUT2D eigenvalue weighted by Crippen LogP contribution is 2.64. The van der Waals surface area contributed by atoms with E-state index in [4.69, 9.17) is 0 Å². The molecule has 2 aliphatic carbocycles. The largest absolute Gasteiger partial charge is 0.384 e. The van der Waals surface area contributed by atoms with Crippen LogP contribution in [0.4, 0.5) is 0 Å². The smallest absolute Gasteiger partial charge is 0.0995 e. The molecule has 1 nitrogen and oxygen atoms in total. The minimum atomic E-state index is -0.709. The molecule has 0 amide bonds. The van der Waals surface area contributed by atoms with E-state index in [1.165, 1.54) is 23.1 Å². The van der Waals surface area contributed by atoms with Crippen molar-refractivity contribution in [2.45, 2.75) is 50.5 Å². The zero-order valence-corrected chi connectivity index (χ0v) is 13.5. The molecule has 2 fully saturated rings. The predicted molar refractivity (Wildman–Crippen MR) is 89.9 cm³/mol. The molecule has 4 rings (SSSR count). The van der Waals surface area contributed by atoms with E-state index in [1.54, 1.807) is 0 Å². The molecule has 0 radical (unpaired) electrons. The van der Waals surface area contributed by atoms with Gasteiger partial charge < -0.3 is 5.11 Å². The lowest BCUT2D eigenvalue weighted by Gasteiger charge is -2.44. The van der Waals surface area contributed by atoms with Crippen molar-refractivity contribution in [2.75, 3.05) is 0 Å². The molecule has 114 valence electrons. The maximum Gasteiger partial charge on any atom is 0.0995 e. The van der Waals surface area contributed by atoms with E-state index in [0.29, 0.717) is 5.92 Å². The maximum absolute atomic E-state index is 11.7. The number of hydrogen-bond donors (Lipinski definition) is 1. The van der Waals surface area contributed by atoms with Crippen LogP contribution in [0.2, 0.25) is 0 Å². The zero-order chi connectivity index (χ0) is 15.4. The fourth-order valence-electron chi connectivity index (χ4n) is 4.91. The number of fused-ring (bicyclic) bond motifs is 2. The first-order valence-electron chi connectivity index (χ1n) is 8.40. The van der Waals surface area contributed by atoms with Gasteiger partial charge in [0.15, 0.2) is 0 Å². The minimum Gasteiger partial charge on any atom is -0.384 e. The van der Waals surface area contributed by atoms with Gasteiger partial charge in [0.2, 0.25) is 0 Å². The molecule has 2 aliphatic rings. The quantitative estimate of drug-likeness (QED) is 0.855. The first kappa shape index (κ1) is 14.0. The Labute approximate surface area is 133 Å². The van der Waals surface area contributed by atoms with Crippen molar-refractivity contribution < 1.29 is 5.11 Å². The van der Waals surface area contributed by atoms with E-state index < -0.39 is 5.60 Å². The molecule has 2 bridgehead atoms. The third-order valence-electron chi connectivity index (χ3n) is 6.13. The van der Waals surface area contributed by atoms with Gasteiger partial charge in [-0.3, -0.25) is 0 Å². The van der Waals surface area contributed by atoms with Crippen molar-refractivity contribution in [1.29, 1.82) is 0 Å². The van der Waals surface area contributed by atoms with Crippen molar-refractivity contribution in [3.8, 4) is 0 Å². The molecule has 0 aliphatic heterocycles. The highest BCUT2D eigenvalue weighted by atomic mass is 16.3. The van der Waals surface area contributed by atoms with Crippen molar-refractivity contribution in [3.63, 3.8) is 0 Å². The lowest BCUT2D eigenvalue weighted by atomic mass is 9.64. The monoisotopic (exact) mass is 292 g/mol. The summed E-state index contributed by atoms with van der Waals surface area (Å²) in [4.78, 5) is 0. The van der Waals surface area contributed by atoms with E-state index in [-0.39, 0.29) is 5.41 Å². The summed E-state index contributed by atoms with van der Waals surface area (Å²) in [5.41, 5.74) is 4.15. The van der Waals surface area contributed by atoms with Crippen LogP contribution < -0.4 is 0 Å². The first-order valence-corrected chi connectivity index (χ1v) is 8.40. The lowest BCUT2D eigenvalue weighted by Crippen LogP contribution is -2.45. The van der Waals surface area contributed by atoms with Crippen LogP contribution in [0.25, 0.3) is 0 Å². The van der Waals surface area contributed by atoms with Crippen LogP contribution in [-0.2, 0) is 11.0 Å². The van der Waals surface area contributed by atoms with Crippen LogP contribution >= 0.6 is 0 Å². The Bertz CT molecular complexity index is 683. The second-order valence-corrected chi connectivity index (χ2v) is 7.49. The molecule has 0 heterocycles. The van der Waals surface area contributed by atoms with Crippen LogP contribution in [0.3, 0.4) is 0 Å². The molecule has 0 saturated heterocycles. The topological polar surface area (TPSA) is 20.2 Å². The number of rotatable bonds is 2. The fourth-order valence-corrected chi connectivity index (χ4v) is 4.91. The first-order chi connectivity index (χ1) is 10.5. The average Bonchev–Trinajstić information content (AvgIpc) is 3.05. The molecule has 3 atom stereocenters. The Morgan fingerprint density at radius 3 is 1.91 bits per heavy atom. The Morgan fingerprint density at radius 2 is 1.36 bits per heavy atom. The molecule has 0 aromatic heterocycles. The van der Waals surface area contributed by atoms with Crippen LogP contribution in [0.15, 0.2) is 48.5 Å². The second kappa shape index (κ2) is 4.70. The van der Waals surface area contributed by atoms with E-state index in [2.05, 4.69) is 62.4 Å². The molecule has 1 heteroatoms. The molecule has 1 N–H and O–H groups in total. The van der Waals surface area contributed by atoms with Crippen molar-refractivity contribution in [2.24, 2.45) is 5.92 Å². The van der Waals surface area contributed by atoms with Gasteiger partial charge in [-0.15, -0.1) is 0 Å². The number of aliphatic hydroxyl groups is 1. The Hall–Kier alpha value is -1.60. The van der Waals surface area contributed by atoms with Crippen molar-refractivity contribution in [3.05, 3.63) is 70.8 Å². The third-order valence-corrected chi connectivity index (χ3v) is 6.13. The Morgan fingerprint density at radius 1 is 0.818 bits per heavy atom. The van der Waals surface area contributed by atoms with Crippen LogP contribution in [0.5, 0.6) is 0 Å². The molecular formula is C21H24O. The van der Waals surface area contributed by atoms with Gasteiger partial charge >= 0.3 is 0 Å². The average molecular weight is 292 g/mol. The van der Waals surface area contributed by atoms with Gasteiger partial charge in [0, 0.05) is 5.41 Å². The van der Waals surface area contributed by atoms with E-state index >= 15 is 0 Å². The van der Waals surface area contributed by atoms with E-state index in [1.807, 2.05) is 0 Å². The van der Waals surface area contributed by atoms with E-state index in [9.17, 15) is 5.11 Å². The molecule has 2 aromatic carbocycles. The van der Waals surface area contributed by atoms with Crippen LogP contribution in [0, 0.1) is 19.8 Å². The summed E-state index contributed by atoms with van der Waals surface area (Å²) in [5.74, 6) is 0.660. The van der Waals surface area contributed by atoms with Gasteiger partial charge in [-0.05, 0) is 56.6 Å². The number of benzene rings is 2. The van der Waals surface area contributed by atoms with Gasteiger partial charge in [0.1, 0.15) is 0 Å². The minimum absolute atomic E-state index is 0.0966. The van der Waals surface area contributed by atoms with Gasteiger partial charge in [0.25, 0.3) is 0 Å². The zero-order valence-electron chi connectivity index (χ0n) is 13.5. The summed E-state index contributed by atoms with van der Waals surface area (Å²) in [6.45, 7) is 4.23. The van der Waals surface area contributed by atoms with Gasteiger partial charge in [0.05, 0.1) is 5.60 Å². The summed E-state index contributed by atoms with van der Waals surface area (Å²) in [5, 5.41) is 11.7. The summed E-state index contributed by atoms with van der Waals surface area (Å²) in [6.07, 6.45) is 4.39. The van der Waals surface area contributed by atoms with Gasteiger partial charge in [-0.2, -0.15) is 0 Å². The Kier molecular flexibility index (Phi) is 2.99. The molecular weight excluding hydrogens is 268 g/mol. The van der Waals surface area contributed by atoms with Gasteiger partial charge in [-0.1, -0.05) is 59.7 Å². The van der Waals surface area contributed by atoms with Crippen molar-refractivity contribution in [1.82, 2.24) is 0 Å². The Balaban J connectivity index is 1.85. The summed E-state index contributed by atoms with van der Waals surface area (Å²) < 4.78 is 0. The van der Waals surface area contributed by atoms with Gasteiger partial charge in [-0.25, -0.2) is 0 Å². The third kappa shape index (κ3) is 1.82.